The van der Waals surface area contributed by atoms with E-state index in [0.29, 0.717) is 31.8 Å². The number of benzene rings is 1. The molecule has 2 aliphatic heterocycles. The Morgan fingerprint density at radius 1 is 0.976 bits per heavy atom. The van der Waals surface area contributed by atoms with E-state index in [4.69, 9.17) is 14.8 Å². The Balaban J connectivity index is 1.21. The number of rotatable bonds is 6. The van der Waals surface area contributed by atoms with Crippen LogP contribution in [0.3, 0.4) is 0 Å². The number of hydrogen-bond acceptors (Lipinski definition) is 8. The predicted octanol–water partition coefficient (Wildman–Crippen LogP) is 4.26. The first-order valence-corrected chi connectivity index (χ1v) is 14.3. The monoisotopic (exact) mass is 571 g/mol. The third kappa shape index (κ3) is 5.38. The Kier molecular flexibility index (Phi) is 7.26. The van der Waals surface area contributed by atoms with Gasteiger partial charge >= 0.3 is 5.97 Å². The van der Waals surface area contributed by atoms with E-state index in [1.54, 1.807) is 37.1 Å². The van der Waals surface area contributed by atoms with Crippen molar-refractivity contribution in [3.05, 3.63) is 72.2 Å². The second kappa shape index (κ2) is 11.0. The van der Waals surface area contributed by atoms with Gasteiger partial charge in [-0.15, -0.1) is 5.10 Å². The molecule has 0 N–H and O–H groups in total. The van der Waals surface area contributed by atoms with Crippen LogP contribution in [0.15, 0.2) is 60.8 Å². The Morgan fingerprint density at radius 3 is 2.52 bits per heavy atom. The molecule has 0 saturated carbocycles. The van der Waals surface area contributed by atoms with Crippen molar-refractivity contribution in [1.29, 1.82) is 0 Å². The lowest BCUT2D eigenvalue weighted by molar-refractivity contribution is -0.168. The van der Waals surface area contributed by atoms with Crippen LogP contribution in [0, 0.1) is 5.82 Å². The van der Waals surface area contributed by atoms with Gasteiger partial charge in [0.2, 0.25) is 0 Å². The molecule has 42 heavy (non-hydrogen) atoms. The van der Waals surface area contributed by atoms with Gasteiger partial charge < -0.3 is 19.4 Å². The number of amides is 1. The minimum Gasteiger partial charge on any atom is -0.450 e. The highest BCUT2D eigenvalue weighted by molar-refractivity contribution is 5.87. The molecule has 0 bridgehead atoms. The Labute approximate surface area is 243 Å². The molecular weight excluding hydrogens is 537 g/mol. The van der Waals surface area contributed by atoms with E-state index in [1.165, 1.54) is 13.0 Å². The van der Waals surface area contributed by atoms with E-state index < -0.39 is 11.6 Å². The van der Waals surface area contributed by atoms with Crippen LogP contribution < -0.4 is 9.80 Å². The zero-order valence-corrected chi connectivity index (χ0v) is 24.0. The molecule has 5 heterocycles. The Hall–Kier alpha value is -4.54. The quantitative estimate of drug-likeness (QED) is 0.317. The fourth-order valence-corrected chi connectivity index (χ4v) is 5.96. The van der Waals surface area contributed by atoms with Gasteiger partial charge in [-0.2, -0.15) is 0 Å². The maximum Gasteiger partial charge on any atom is 0.303 e. The van der Waals surface area contributed by atoms with Crippen LogP contribution in [-0.2, 0) is 14.3 Å². The van der Waals surface area contributed by atoms with Crippen molar-refractivity contribution in [2.24, 2.45) is 0 Å². The summed E-state index contributed by atoms with van der Waals surface area (Å²) in [5.41, 5.74) is 1.97. The molecule has 218 valence electrons. The molecule has 2 aliphatic rings. The molecule has 6 rings (SSSR count). The second-order valence-electron chi connectivity index (χ2n) is 11.3. The number of hydrogen-bond donors (Lipinski definition) is 0. The number of imidazole rings is 1. The van der Waals surface area contributed by atoms with Gasteiger partial charge in [0, 0.05) is 39.6 Å². The highest BCUT2D eigenvalue weighted by atomic mass is 19.1. The summed E-state index contributed by atoms with van der Waals surface area (Å²) in [6, 6.07) is 16.6. The number of ether oxygens (including phenoxy) is 1. The van der Waals surface area contributed by atoms with Crippen LogP contribution in [0.4, 0.5) is 16.0 Å². The summed E-state index contributed by atoms with van der Waals surface area (Å²) < 4.78 is 21.0. The fourth-order valence-electron chi connectivity index (χ4n) is 5.96. The van der Waals surface area contributed by atoms with Crippen LogP contribution >= 0.6 is 0 Å². The SMILES string of the molecule is CC(=O)OC(C)(C)C(=O)N1CCN(c2cccc(-c3cnc4ccc(N5CCC[C@@H]5c5cccc(F)c5)nn34)n2)CC1. The molecule has 4 aromatic rings. The summed E-state index contributed by atoms with van der Waals surface area (Å²) in [7, 11) is 0. The number of fused-ring (bicyclic) bond motifs is 1. The van der Waals surface area contributed by atoms with E-state index in [0.717, 1.165) is 48.0 Å². The molecular formula is C31H34FN7O3. The number of carbonyl (C=O) groups is 2. The molecule has 10 nitrogen and oxygen atoms in total. The number of carbonyl (C=O) groups excluding carboxylic acids is 2. The van der Waals surface area contributed by atoms with E-state index in [1.807, 2.05) is 40.9 Å². The summed E-state index contributed by atoms with van der Waals surface area (Å²) in [6.07, 6.45) is 3.71. The molecule has 0 radical (unpaired) electrons. The van der Waals surface area contributed by atoms with Crippen molar-refractivity contribution in [1.82, 2.24) is 24.5 Å². The predicted molar refractivity (Wildman–Crippen MR) is 157 cm³/mol. The van der Waals surface area contributed by atoms with Crippen molar-refractivity contribution in [3.8, 4) is 11.4 Å². The minimum absolute atomic E-state index is 0.0595. The molecule has 2 saturated heterocycles. The van der Waals surface area contributed by atoms with Crippen LogP contribution in [-0.4, -0.2) is 74.7 Å². The van der Waals surface area contributed by atoms with Crippen molar-refractivity contribution < 1.29 is 18.7 Å². The van der Waals surface area contributed by atoms with Gasteiger partial charge in [-0.3, -0.25) is 9.59 Å². The van der Waals surface area contributed by atoms with E-state index in [-0.39, 0.29) is 17.8 Å². The Bertz CT molecular complexity index is 1630. The molecule has 1 aromatic carbocycles. The van der Waals surface area contributed by atoms with Gasteiger partial charge in [0.15, 0.2) is 11.2 Å². The van der Waals surface area contributed by atoms with Crippen molar-refractivity contribution >= 4 is 29.2 Å². The van der Waals surface area contributed by atoms with Crippen molar-refractivity contribution in [2.45, 2.75) is 45.3 Å². The van der Waals surface area contributed by atoms with Gasteiger partial charge in [-0.25, -0.2) is 18.9 Å². The fraction of sp³-hybridized carbons (Fsp3) is 0.387. The number of halogens is 1. The number of anilines is 2. The maximum atomic E-state index is 14.0. The largest absolute Gasteiger partial charge is 0.450 e. The summed E-state index contributed by atoms with van der Waals surface area (Å²) in [6.45, 7) is 7.58. The standard InChI is InChI=1S/C31H34FN7O3/c1-21(40)42-31(2,3)30(41)37-17-15-36(16-18-37)28-11-5-9-24(34-28)26-20-33-27-12-13-29(35-39(26)27)38-14-6-10-25(38)22-7-4-8-23(32)19-22/h4-5,7-9,11-13,19-20,25H,6,10,14-18H2,1-3H3/t25-/m1/s1. The lowest BCUT2D eigenvalue weighted by Gasteiger charge is -2.38. The topological polar surface area (TPSA) is 96.2 Å². The van der Waals surface area contributed by atoms with Gasteiger partial charge in [0.25, 0.3) is 5.91 Å². The number of aromatic nitrogens is 4. The van der Waals surface area contributed by atoms with Gasteiger partial charge in [-0.1, -0.05) is 18.2 Å². The Morgan fingerprint density at radius 2 is 1.76 bits per heavy atom. The number of nitrogens with zero attached hydrogens (tertiary/aromatic N) is 7. The number of piperazine rings is 1. The molecule has 0 unspecified atom stereocenters. The number of pyridine rings is 1. The summed E-state index contributed by atoms with van der Waals surface area (Å²) in [5.74, 6) is 0.695. The minimum atomic E-state index is -1.20. The molecule has 0 spiro atoms. The zero-order valence-electron chi connectivity index (χ0n) is 24.0. The zero-order chi connectivity index (χ0) is 29.4. The first-order valence-electron chi connectivity index (χ1n) is 14.3. The average molecular weight is 572 g/mol. The summed E-state index contributed by atoms with van der Waals surface area (Å²) in [5, 5.41) is 4.96. The first-order chi connectivity index (χ1) is 20.2. The van der Waals surface area contributed by atoms with E-state index in [2.05, 4.69) is 14.8 Å². The van der Waals surface area contributed by atoms with Crippen LogP contribution in [0.5, 0.6) is 0 Å². The van der Waals surface area contributed by atoms with Crippen molar-refractivity contribution in [2.75, 3.05) is 42.5 Å². The number of esters is 1. The highest BCUT2D eigenvalue weighted by Crippen LogP contribution is 2.36. The van der Waals surface area contributed by atoms with Crippen molar-refractivity contribution in [3.63, 3.8) is 0 Å². The molecule has 1 atom stereocenters. The first kappa shape index (κ1) is 27.6. The molecule has 1 amide bonds. The lowest BCUT2D eigenvalue weighted by Crippen LogP contribution is -2.55. The molecule has 2 fully saturated rings. The van der Waals surface area contributed by atoms with Crippen LogP contribution in [0.25, 0.3) is 17.0 Å². The summed E-state index contributed by atoms with van der Waals surface area (Å²) >= 11 is 0. The van der Waals surface area contributed by atoms with Crippen LogP contribution in [0.1, 0.15) is 45.2 Å². The van der Waals surface area contributed by atoms with Gasteiger partial charge in [0.05, 0.1) is 17.9 Å². The molecule has 3 aromatic heterocycles. The smallest absolute Gasteiger partial charge is 0.303 e. The molecule has 11 heteroatoms. The molecule has 0 aliphatic carbocycles. The second-order valence-corrected chi connectivity index (χ2v) is 11.3. The highest BCUT2D eigenvalue weighted by Gasteiger charge is 2.36. The lowest BCUT2D eigenvalue weighted by atomic mass is 10.0. The third-order valence-corrected chi connectivity index (χ3v) is 7.93. The van der Waals surface area contributed by atoms with Gasteiger partial charge in [0.1, 0.15) is 23.1 Å². The van der Waals surface area contributed by atoms with Gasteiger partial charge in [-0.05, 0) is 68.7 Å². The summed E-state index contributed by atoms with van der Waals surface area (Å²) in [4.78, 5) is 40.0. The van der Waals surface area contributed by atoms with E-state index in [9.17, 15) is 14.0 Å². The maximum absolute atomic E-state index is 14.0. The average Bonchev–Trinajstić information content (AvgIpc) is 3.64. The normalized spacial score (nSPS) is 17.6. The van der Waals surface area contributed by atoms with E-state index >= 15 is 0 Å². The van der Waals surface area contributed by atoms with Crippen LogP contribution in [0.2, 0.25) is 0 Å². The third-order valence-electron chi connectivity index (χ3n) is 7.93.